The maximum atomic E-state index is 13.1. The third-order valence-corrected chi connectivity index (χ3v) is 5.88. The SMILES string of the molecule is CC(=O)Nc1cccc2c1c(C1=C(c3c[nH]c4ccccc34)C(=O)NC1=O)cn2CCCN. The van der Waals surface area contributed by atoms with Crippen LogP contribution in [0.4, 0.5) is 5.69 Å². The minimum Gasteiger partial charge on any atom is -0.361 e. The quantitative estimate of drug-likeness (QED) is 0.344. The highest BCUT2D eigenvalue weighted by Gasteiger charge is 2.35. The van der Waals surface area contributed by atoms with E-state index in [4.69, 9.17) is 5.73 Å². The van der Waals surface area contributed by atoms with Crippen LogP contribution in [0.5, 0.6) is 0 Å². The topological polar surface area (TPSA) is 122 Å². The summed E-state index contributed by atoms with van der Waals surface area (Å²) in [7, 11) is 0. The lowest BCUT2D eigenvalue weighted by Gasteiger charge is -2.08. The number of nitrogens with one attached hydrogen (secondary N) is 3. The Morgan fingerprint density at radius 2 is 1.79 bits per heavy atom. The zero-order valence-electron chi connectivity index (χ0n) is 18.1. The molecule has 8 heteroatoms. The first kappa shape index (κ1) is 20.7. The van der Waals surface area contributed by atoms with Crippen molar-refractivity contribution in [2.75, 3.05) is 11.9 Å². The fourth-order valence-corrected chi connectivity index (χ4v) is 4.53. The van der Waals surface area contributed by atoms with Crippen molar-refractivity contribution in [2.45, 2.75) is 19.9 Å². The molecule has 2 aromatic carbocycles. The van der Waals surface area contributed by atoms with Crippen LogP contribution in [0.25, 0.3) is 33.0 Å². The van der Waals surface area contributed by atoms with Gasteiger partial charge in [-0.15, -0.1) is 0 Å². The Labute approximate surface area is 189 Å². The van der Waals surface area contributed by atoms with Gasteiger partial charge < -0.3 is 20.6 Å². The number of hydrogen-bond acceptors (Lipinski definition) is 4. The number of hydrogen-bond donors (Lipinski definition) is 4. The largest absolute Gasteiger partial charge is 0.361 e. The second-order valence-electron chi connectivity index (χ2n) is 8.04. The van der Waals surface area contributed by atoms with Crippen molar-refractivity contribution in [3.05, 3.63) is 66.0 Å². The number of rotatable bonds is 6. The molecule has 0 unspecified atom stereocenters. The predicted octanol–water partition coefficient (Wildman–Crippen LogP) is 3.00. The van der Waals surface area contributed by atoms with Gasteiger partial charge in [0.1, 0.15) is 0 Å². The molecule has 8 nitrogen and oxygen atoms in total. The van der Waals surface area contributed by atoms with Gasteiger partial charge in [-0.2, -0.15) is 0 Å². The van der Waals surface area contributed by atoms with Crippen molar-refractivity contribution in [2.24, 2.45) is 5.73 Å². The first-order valence-corrected chi connectivity index (χ1v) is 10.8. The molecule has 166 valence electrons. The van der Waals surface area contributed by atoms with Crippen molar-refractivity contribution in [1.29, 1.82) is 0 Å². The third-order valence-electron chi connectivity index (χ3n) is 5.88. The summed E-state index contributed by atoms with van der Waals surface area (Å²) in [4.78, 5) is 41.2. The Kier molecular flexibility index (Phi) is 5.07. The van der Waals surface area contributed by atoms with Crippen molar-refractivity contribution in [3.63, 3.8) is 0 Å². The van der Waals surface area contributed by atoms with Crippen LogP contribution in [0.3, 0.4) is 0 Å². The van der Waals surface area contributed by atoms with E-state index in [-0.39, 0.29) is 5.91 Å². The van der Waals surface area contributed by atoms with E-state index < -0.39 is 11.8 Å². The lowest BCUT2D eigenvalue weighted by molar-refractivity contribution is -0.122. The number of fused-ring (bicyclic) bond motifs is 2. The first-order chi connectivity index (χ1) is 16.0. The zero-order valence-corrected chi connectivity index (χ0v) is 18.1. The maximum Gasteiger partial charge on any atom is 0.259 e. The normalized spacial score (nSPS) is 13.9. The molecule has 4 aromatic rings. The fraction of sp³-hybridized carbons (Fsp3) is 0.160. The molecule has 0 aliphatic carbocycles. The molecular formula is C25H23N5O3. The highest BCUT2D eigenvalue weighted by atomic mass is 16.2. The highest BCUT2D eigenvalue weighted by molar-refractivity contribution is 6.51. The Morgan fingerprint density at radius 1 is 1.03 bits per heavy atom. The predicted molar refractivity (Wildman–Crippen MR) is 128 cm³/mol. The van der Waals surface area contributed by atoms with Gasteiger partial charge in [0, 0.05) is 53.3 Å². The minimum absolute atomic E-state index is 0.221. The molecule has 3 amide bonds. The van der Waals surface area contributed by atoms with E-state index in [1.807, 2.05) is 47.2 Å². The molecule has 1 aliphatic rings. The third kappa shape index (κ3) is 3.41. The number of nitrogens with two attached hydrogens (primary N) is 1. The van der Waals surface area contributed by atoms with Gasteiger partial charge in [0.25, 0.3) is 11.8 Å². The number of aryl methyl sites for hydroxylation is 1. The maximum absolute atomic E-state index is 13.1. The fourth-order valence-electron chi connectivity index (χ4n) is 4.53. The van der Waals surface area contributed by atoms with E-state index in [0.717, 1.165) is 22.8 Å². The summed E-state index contributed by atoms with van der Waals surface area (Å²) < 4.78 is 2.01. The number of aromatic nitrogens is 2. The van der Waals surface area contributed by atoms with Gasteiger partial charge in [0.05, 0.1) is 22.4 Å². The summed E-state index contributed by atoms with van der Waals surface area (Å²) in [6.07, 6.45) is 4.36. The average molecular weight is 441 g/mol. The van der Waals surface area contributed by atoms with Crippen molar-refractivity contribution < 1.29 is 14.4 Å². The van der Waals surface area contributed by atoms with Gasteiger partial charge in [0.15, 0.2) is 0 Å². The smallest absolute Gasteiger partial charge is 0.259 e. The van der Waals surface area contributed by atoms with Crippen molar-refractivity contribution in [3.8, 4) is 0 Å². The van der Waals surface area contributed by atoms with Crippen LogP contribution in [0.1, 0.15) is 24.5 Å². The van der Waals surface area contributed by atoms with Gasteiger partial charge in [-0.1, -0.05) is 24.3 Å². The molecule has 5 rings (SSSR count). The summed E-state index contributed by atoms with van der Waals surface area (Å²) in [5, 5.41) is 6.89. The second kappa shape index (κ2) is 8.07. The molecule has 1 aliphatic heterocycles. The number of anilines is 1. The molecular weight excluding hydrogens is 418 g/mol. The lowest BCUT2D eigenvalue weighted by Crippen LogP contribution is -2.22. The van der Waals surface area contributed by atoms with E-state index in [2.05, 4.69) is 15.6 Å². The van der Waals surface area contributed by atoms with Gasteiger partial charge in [-0.3, -0.25) is 19.7 Å². The number of amides is 3. The van der Waals surface area contributed by atoms with Crippen LogP contribution in [0.2, 0.25) is 0 Å². The van der Waals surface area contributed by atoms with E-state index in [1.54, 1.807) is 12.3 Å². The van der Waals surface area contributed by atoms with E-state index in [1.165, 1.54) is 6.92 Å². The number of carbonyl (C=O) groups excluding carboxylic acids is 3. The minimum atomic E-state index is -0.462. The van der Waals surface area contributed by atoms with Gasteiger partial charge in [-0.25, -0.2) is 0 Å². The monoisotopic (exact) mass is 441 g/mol. The Bertz CT molecular complexity index is 1470. The van der Waals surface area contributed by atoms with Crippen LogP contribution in [0, 0.1) is 0 Å². The van der Waals surface area contributed by atoms with Crippen LogP contribution in [0.15, 0.2) is 54.9 Å². The van der Waals surface area contributed by atoms with E-state index in [0.29, 0.717) is 46.4 Å². The molecule has 0 atom stereocenters. The molecule has 0 fully saturated rings. The number of para-hydroxylation sites is 1. The Hall–Kier alpha value is -4.17. The molecule has 33 heavy (non-hydrogen) atoms. The number of carbonyl (C=O) groups is 3. The summed E-state index contributed by atoms with van der Waals surface area (Å²) in [6.45, 7) is 2.59. The molecule has 0 saturated heterocycles. The summed E-state index contributed by atoms with van der Waals surface area (Å²) in [6, 6.07) is 13.2. The van der Waals surface area contributed by atoms with Gasteiger partial charge in [0.2, 0.25) is 5.91 Å². The standard InChI is InChI=1S/C25H23N5O3/c1-14(31)28-19-8-4-9-20-21(19)17(13-30(20)11-5-10-26)23-22(24(32)29-25(23)33)16-12-27-18-7-3-2-6-15(16)18/h2-4,6-9,12-13,27H,5,10-11,26H2,1H3,(H,28,31)(H,29,32,33). The Morgan fingerprint density at radius 3 is 2.55 bits per heavy atom. The van der Waals surface area contributed by atoms with Crippen LogP contribution in [-0.2, 0) is 20.9 Å². The molecule has 0 spiro atoms. The van der Waals surface area contributed by atoms with Crippen LogP contribution >= 0.6 is 0 Å². The molecule has 0 saturated carbocycles. The van der Waals surface area contributed by atoms with Crippen molar-refractivity contribution in [1.82, 2.24) is 14.9 Å². The highest BCUT2D eigenvalue weighted by Crippen LogP contribution is 2.40. The van der Waals surface area contributed by atoms with Crippen LogP contribution in [-0.4, -0.2) is 33.8 Å². The number of aromatic amines is 1. The zero-order chi connectivity index (χ0) is 23.1. The first-order valence-electron chi connectivity index (χ1n) is 10.8. The summed E-state index contributed by atoms with van der Waals surface area (Å²) in [5.74, 6) is -1.13. The van der Waals surface area contributed by atoms with Crippen LogP contribution < -0.4 is 16.4 Å². The number of H-pyrrole nitrogens is 1. The number of benzene rings is 2. The average Bonchev–Trinajstić information content (AvgIpc) is 3.45. The number of nitrogens with zero attached hydrogens (tertiary/aromatic N) is 1. The molecule has 5 N–H and O–H groups in total. The lowest BCUT2D eigenvalue weighted by atomic mass is 9.95. The van der Waals surface area contributed by atoms with E-state index in [9.17, 15) is 14.4 Å². The van der Waals surface area contributed by atoms with Gasteiger partial charge >= 0.3 is 0 Å². The summed E-state index contributed by atoms with van der Waals surface area (Å²) in [5.41, 5.74) is 9.89. The van der Waals surface area contributed by atoms with E-state index >= 15 is 0 Å². The Balaban J connectivity index is 1.83. The summed E-state index contributed by atoms with van der Waals surface area (Å²) >= 11 is 0. The number of imide groups is 1. The van der Waals surface area contributed by atoms with Crippen molar-refractivity contribution >= 4 is 56.4 Å². The molecule has 3 heterocycles. The molecule has 0 radical (unpaired) electrons. The second-order valence-corrected chi connectivity index (χ2v) is 8.04. The van der Waals surface area contributed by atoms with Gasteiger partial charge in [-0.05, 0) is 31.2 Å². The molecule has 2 aromatic heterocycles. The molecule has 0 bridgehead atoms.